The fourth-order valence-electron chi connectivity index (χ4n) is 3.63. The zero-order valence-electron chi connectivity index (χ0n) is 17.1. The van der Waals surface area contributed by atoms with Gasteiger partial charge in [0.25, 0.3) is 5.91 Å². The van der Waals surface area contributed by atoms with Gasteiger partial charge in [0.1, 0.15) is 5.58 Å². The van der Waals surface area contributed by atoms with Crippen LogP contribution in [0.5, 0.6) is 0 Å². The summed E-state index contributed by atoms with van der Waals surface area (Å²) in [5, 5.41) is 13.9. The molecule has 0 atom stereocenters. The van der Waals surface area contributed by atoms with Gasteiger partial charge in [-0.05, 0) is 64.9 Å². The number of rotatable bonds is 4. The minimum absolute atomic E-state index is 0.147. The number of thiophene rings is 1. The Hall–Kier alpha value is -3.20. The maximum atomic E-state index is 13.0. The Morgan fingerprint density at radius 2 is 1.97 bits per heavy atom. The molecule has 6 nitrogen and oxygen atoms in total. The van der Waals surface area contributed by atoms with Crippen LogP contribution in [0.3, 0.4) is 0 Å². The number of nitrogens with zero attached hydrogens (tertiary/aromatic N) is 2. The van der Waals surface area contributed by atoms with Gasteiger partial charge in [0.05, 0.1) is 23.7 Å². The van der Waals surface area contributed by atoms with Crippen LogP contribution in [0.2, 0.25) is 0 Å². The molecule has 3 heterocycles. The van der Waals surface area contributed by atoms with Crippen molar-refractivity contribution in [1.82, 2.24) is 4.90 Å². The van der Waals surface area contributed by atoms with E-state index in [0.29, 0.717) is 21.3 Å². The molecular formula is C24H18N2O4S2. The molecule has 0 aliphatic carbocycles. The number of benzene rings is 2. The molecule has 8 heteroatoms. The van der Waals surface area contributed by atoms with Gasteiger partial charge in [-0.3, -0.25) is 9.69 Å². The van der Waals surface area contributed by atoms with E-state index in [1.165, 1.54) is 22.7 Å². The molecule has 2 aromatic carbocycles. The number of carbonyl (C=O) groups excluding carboxylic acids is 1. The van der Waals surface area contributed by atoms with Crippen LogP contribution in [0, 0.1) is 6.92 Å². The number of carbonyl (C=O) groups is 1. The smallest absolute Gasteiger partial charge is 0.336 e. The predicted octanol–water partition coefficient (Wildman–Crippen LogP) is 4.91. The number of aliphatic imine (C=N–C) groups is 1. The van der Waals surface area contributed by atoms with Gasteiger partial charge in [0.15, 0.2) is 5.17 Å². The number of thioether (sulfide) groups is 1. The van der Waals surface area contributed by atoms with E-state index in [1.807, 2.05) is 48.7 Å². The number of aliphatic hydroxyl groups is 1. The molecule has 1 aliphatic rings. The SMILES string of the molecule is Cc1cc(=O)oc2cc(N=C3S/C(=C\c4csc5ccccc45)C(=O)N3CCO)ccc12. The average molecular weight is 463 g/mol. The molecule has 5 rings (SSSR count). The number of amidine groups is 1. The van der Waals surface area contributed by atoms with Crippen molar-refractivity contribution in [3.8, 4) is 0 Å². The van der Waals surface area contributed by atoms with Gasteiger partial charge in [-0.2, -0.15) is 0 Å². The Bertz CT molecular complexity index is 1480. The van der Waals surface area contributed by atoms with Gasteiger partial charge >= 0.3 is 5.63 Å². The van der Waals surface area contributed by atoms with Crippen molar-refractivity contribution in [2.75, 3.05) is 13.2 Å². The lowest BCUT2D eigenvalue weighted by Crippen LogP contribution is -2.31. The van der Waals surface area contributed by atoms with Crippen LogP contribution in [-0.2, 0) is 4.79 Å². The first kappa shape index (κ1) is 20.7. The monoisotopic (exact) mass is 462 g/mol. The van der Waals surface area contributed by atoms with Crippen LogP contribution in [0.4, 0.5) is 5.69 Å². The number of β-amino-alcohol motifs (C(OH)–C–C–N with tert-alkyl or cyclic N) is 1. The van der Waals surface area contributed by atoms with Gasteiger partial charge in [0.2, 0.25) is 0 Å². The number of amides is 1. The summed E-state index contributed by atoms with van der Waals surface area (Å²) < 4.78 is 6.47. The normalized spacial score (nSPS) is 16.8. The molecule has 4 aromatic rings. The van der Waals surface area contributed by atoms with Crippen molar-refractivity contribution < 1.29 is 14.3 Å². The Labute approximate surface area is 191 Å². The second-order valence-corrected chi connectivity index (χ2v) is 9.22. The highest BCUT2D eigenvalue weighted by atomic mass is 32.2. The highest BCUT2D eigenvalue weighted by Crippen LogP contribution is 2.36. The second-order valence-electron chi connectivity index (χ2n) is 7.30. The molecule has 0 radical (unpaired) electrons. The number of fused-ring (bicyclic) bond motifs is 2. The summed E-state index contributed by atoms with van der Waals surface area (Å²) in [5.74, 6) is -0.193. The standard InChI is InChI=1S/C24H18N2O4S2/c1-14-10-22(28)30-19-12-16(6-7-17(14)19)25-24-26(8-9-27)23(29)21(32-24)11-15-13-31-20-5-3-2-4-18(15)20/h2-7,10-13,27H,8-9H2,1H3/b21-11-,25-24?. The van der Waals surface area contributed by atoms with Crippen LogP contribution in [0.15, 0.2) is 73.0 Å². The fourth-order valence-corrected chi connectivity index (χ4v) is 5.57. The van der Waals surface area contributed by atoms with Gasteiger partial charge in [-0.15, -0.1) is 11.3 Å². The topological polar surface area (TPSA) is 83.1 Å². The highest BCUT2D eigenvalue weighted by molar-refractivity contribution is 8.18. The third-order valence-electron chi connectivity index (χ3n) is 5.17. The van der Waals surface area contributed by atoms with Gasteiger partial charge in [-0.25, -0.2) is 9.79 Å². The first-order chi connectivity index (χ1) is 15.5. The Balaban J connectivity index is 1.54. The maximum Gasteiger partial charge on any atom is 0.336 e. The third-order valence-corrected chi connectivity index (χ3v) is 7.16. The summed E-state index contributed by atoms with van der Waals surface area (Å²) in [6, 6.07) is 14.9. The molecule has 1 saturated heterocycles. The third kappa shape index (κ3) is 3.77. The Kier molecular flexibility index (Phi) is 5.42. The highest BCUT2D eigenvalue weighted by Gasteiger charge is 2.33. The van der Waals surface area contributed by atoms with E-state index < -0.39 is 5.63 Å². The molecule has 0 saturated carbocycles. The van der Waals surface area contributed by atoms with Crippen molar-refractivity contribution in [3.05, 3.63) is 80.4 Å². The quantitative estimate of drug-likeness (QED) is 0.344. The van der Waals surface area contributed by atoms with Crippen LogP contribution in [0.1, 0.15) is 11.1 Å². The first-order valence-electron chi connectivity index (χ1n) is 9.95. The van der Waals surface area contributed by atoms with Crippen LogP contribution in [0.25, 0.3) is 27.1 Å². The zero-order valence-corrected chi connectivity index (χ0v) is 18.7. The summed E-state index contributed by atoms with van der Waals surface area (Å²) in [4.78, 5) is 31.4. The Morgan fingerprint density at radius 3 is 2.81 bits per heavy atom. The predicted molar refractivity (Wildman–Crippen MR) is 131 cm³/mol. The summed E-state index contributed by atoms with van der Waals surface area (Å²) in [6.45, 7) is 1.82. The van der Waals surface area contributed by atoms with E-state index in [2.05, 4.69) is 11.1 Å². The van der Waals surface area contributed by atoms with Crippen LogP contribution in [-0.4, -0.2) is 34.2 Å². The minimum Gasteiger partial charge on any atom is -0.423 e. The van der Waals surface area contributed by atoms with E-state index in [9.17, 15) is 14.7 Å². The molecule has 1 fully saturated rings. The van der Waals surface area contributed by atoms with Gasteiger partial charge in [-0.1, -0.05) is 18.2 Å². The van der Waals surface area contributed by atoms with Crippen molar-refractivity contribution in [3.63, 3.8) is 0 Å². The van der Waals surface area contributed by atoms with E-state index in [-0.39, 0.29) is 19.1 Å². The minimum atomic E-state index is -0.416. The van der Waals surface area contributed by atoms with E-state index in [1.54, 1.807) is 17.4 Å². The molecule has 0 unspecified atom stereocenters. The fraction of sp³-hybridized carbons (Fsp3) is 0.125. The molecule has 160 valence electrons. The van der Waals surface area contributed by atoms with Crippen molar-refractivity contribution in [2.45, 2.75) is 6.92 Å². The van der Waals surface area contributed by atoms with Crippen molar-refractivity contribution in [2.24, 2.45) is 4.99 Å². The summed E-state index contributed by atoms with van der Waals surface area (Å²) in [6.07, 6.45) is 1.88. The lowest BCUT2D eigenvalue weighted by molar-refractivity contribution is -0.122. The van der Waals surface area contributed by atoms with Crippen LogP contribution >= 0.6 is 23.1 Å². The van der Waals surface area contributed by atoms with Crippen LogP contribution < -0.4 is 5.63 Å². The average Bonchev–Trinajstić information content (AvgIpc) is 3.30. The lowest BCUT2D eigenvalue weighted by atomic mass is 10.1. The molecule has 1 N–H and O–H groups in total. The van der Waals surface area contributed by atoms with Gasteiger partial charge in [0, 0.05) is 22.2 Å². The first-order valence-corrected chi connectivity index (χ1v) is 11.6. The summed E-state index contributed by atoms with van der Waals surface area (Å²) in [7, 11) is 0. The van der Waals surface area contributed by atoms with Crippen molar-refractivity contribution in [1.29, 1.82) is 0 Å². The molecule has 0 bridgehead atoms. The van der Waals surface area contributed by atoms with E-state index >= 15 is 0 Å². The second kappa shape index (κ2) is 8.38. The van der Waals surface area contributed by atoms with E-state index in [4.69, 9.17) is 4.42 Å². The number of aliphatic hydroxyl groups excluding tert-OH is 1. The molecule has 1 aliphatic heterocycles. The molecule has 2 aromatic heterocycles. The summed E-state index contributed by atoms with van der Waals surface area (Å²) in [5.41, 5.74) is 2.40. The largest absolute Gasteiger partial charge is 0.423 e. The maximum absolute atomic E-state index is 13.0. The Morgan fingerprint density at radius 1 is 1.12 bits per heavy atom. The molecule has 0 spiro atoms. The van der Waals surface area contributed by atoms with Crippen molar-refractivity contribution >= 4 is 67.0 Å². The number of hydrogen-bond acceptors (Lipinski definition) is 7. The lowest BCUT2D eigenvalue weighted by Gasteiger charge is -2.13. The molecule has 32 heavy (non-hydrogen) atoms. The van der Waals surface area contributed by atoms with E-state index in [0.717, 1.165) is 26.6 Å². The number of aryl methyl sites for hydroxylation is 1. The molecular weight excluding hydrogens is 444 g/mol. The molecule has 1 amide bonds. The summed E-state index contributed by atoms with van der Waals surface area (Å²) >= 11 is 2.90. The number of hydrogen-bond donors (Lipinski definition) is 1. The van der Waals surface area contributed by atoms with Gasteiger partial charge < -0.3 is 9.52 Å². The zero-order chi connectivity index (χ0) is 22.2.